The van der Waals surface area contributed by atoms with Gasteiger partial charge in [0.25, 0.3) is 0 Å². The minimum absolute atomic E-state index is 1.05. The van der Waals surface area contributed by atoms with Crippen molar-refractivity contribution in [1.29, 1.82) is 0 Å². The summed E-state index contributed by atoms with van der Waals surface area (Å²) in [5.74, 6) is 0. The van der Waals surface area contributed by atoms with Crippen LogP contribution in [0.1, 0.15) is 0 Å². The van der Waals surface area contributed by atoms with E-state index in [4.69, 9.17) is 0 Å². The van der Waals surface area contributed by atoms with Crippen molar-refractivity contribution in [2.75, 3.05) is 11.9 Å². The fourth-order valence-corrected chi connectivity index (χ4v) is 3.73. The Kier molecular flexibility index (Phi) is 2.29. The average Bonchev–Trinajstić information content (AvgIpc) is 2.47. The van der Waals surface area contributed by atoms with Gasteiger partial charge >= 0.3 is 0 Å². The molecule has 1 aromatic heterocycles. The van der Waals surface area contributed by atoms with Gasteiger partial charge in [-0.2, -0.15) is 0 Å². The molecule has 3 heteroatoms. The average molecular weight is 264 g/mol. The van der Waals surface area contributed by atoms with Crippen LogP contribution in [0, 0.1) is 0 Å². The first-order valence-corrected chi connectivity index (χ1v) is 7.04. The van der Waals surface area contributed by atoms with E-state index in [1.54, 1.807) is 11.8 Å². The molecule has 0 saturated carbocycles. The summed E-state index contributed by atoms with van der Waals surface area (Å²) in [6, 6.07) is 16.8. The maximum absolute atomic E-state index is 4.55. The molecule has 0 spiro atoms. The molecule has 0 unspecified atom stereocenters. The van der Waals surface area contributed by atoms with Crippen LogP contribution in [0.15, 0.2) is 64.5 Å². The van der Waals surface area contributed by atoms with Gasteiger partial charge in [-0.05, 0) is 18.2 Å². The molecule has 0 amide bonds. The van der Waals surface area contributed by atoms with Crippen molar-refractivity contribution in [2.45, 2.75) is 9.79 Å². The van der Waals surface area contributed by atoms with Crippen LogP contribution < -0.4 is 4.90 Å². The number of hydrogen-bond acceptors (Lipinski definition) is 3. The van der Waals surface area contributed by atoms with E-state index in [0.29, 0.717) is 0 Å². The van der Waals surface area contributed by atoms with Gasteiger partial charge in [0.2, 0.25) is 0 Å². The summed E-state index contributed by atoms with van der Waals surface area (Å²) in [7, 11) is 2.13. The molecule has 0 atom stereocenters. The predicted molar refractivity (Wildman–Crippen MR) is 80.4 cm³/mol. The van der Waals surface area contributed by atoms with E-state index >= 15 is 0 Å². The Morgan fingerprint density at radius 3 is 2.68 bits per heavy atom. The van der Waals surface area contributed by atoms with Crippen LogP contribution in [-0.4, -0.2) is 12.0 Å². The third kappa shape index (κ3) is 1.55. The lowest BCUT2D eigenvalue weighted by Gasteiger charge is -2.30. The SMILES string of the molecule is CN1c2ccccc2Sc2cnc3ccccc3c21. The lowest BCUT2D eigenvalue weighted by atomic mass is 10.1. The summed E-state index contributed by atoms with van der Waals surface area (Å²) in [5.41, 5.74) is 3.57. The topological polar surface area (TPSA) is 16.1 Å². The number of para-hydroxylation sites is 2. The molecule has 4 rings (SSSR count). The molecule has 0 fully saturated rings. The van der Waals surface area contributed by atoms with Crippen molar-refractivity contribution in [3.05, 3.63) is 54.7 Å². The number of aromatic nitrogens is 1. The van der Waals surface area contributed by atoms with Gasteiger partial charge in [0.15, 0.2) is 0 Å². The molecule has 2 aromatic carbocycles. The standard InChI is InChI=1S/C16H12N2S/c1-18-13-8-4-5-9-14(13)19-15-10-17-12-7-3-2-6-11(12)16(15)18/h2-10H,1H3. The van der Waals surface area contributed by atoms with E-state index in [1.807, 2.05) is 12.3 Å². The van der Waals surface area contributed by atoms with Gasteiger partial charge in [-0.3, -0.25) is 4.98 Å². The Balaban J connectivity index is 2.04. The highest BCUT2D eigenvalue weighted by atomic mass is 32.2. The Bertz CT molecular complexity index is 783. The molecule has 1 aliphatic rings. The second kappa shape index (κ2) is 4.00. The molecule has 0 radical (unpaired) electrons. The van der Waals surface area contributed by atoms with Crippen molar-refractivity contribution >= 4 is 34.0 Å². The number of anilines is 2. The Morgan fingerprint density at radius 1 is 0.947 bits per heavy atom. The van der Waals surface area contributed by atoms with Crippen LogP contribution >= 0.6 is 11.8 Å². The van der Waals surface area contributed by atoms with Gasteiger partial charge < -0.3 is 4.90 Å². The summed E-state index contributed by atoms with van der Waals surface area (Å²) < 4.78 is 0. The van der Waals surface area contributed by atoms with E-state index in [1.165, 1.54) is 26.6 Å². The molecule has 0 bridgehead atoms. The van der Waals surface area contributed by atoms with Gasteiger partial charge in [-0.15, -0.1) is 0 Å². The molecular weight excluding hydrogens is 252 g/mol. The number of fused-ring (bicyclic) bond motifs is 4. The van der Waals surface area contributed by atoms with Crippen LogP contribution in [-0.2, 0) is 0 Å². The lowest BCUT2D eigenvalue weighted by molar-refractivity contribution is 1.11. The van der Waals surface area contributed by atoms with Crippen LogP contribution in [0.3, 0.4) is 0 Å². The normalized spacial score (nSPS) is 13.2. The zero-order chi connectivity index (χ0) is 12.8. The first-order valence-electron chi connectivity index (χ1n) is 6.23. The maximum Gasteiger partial charge on any atom is 0.0723 e. The first-order chi connectivity index (χ1) is 9.34. The van der Waals surface area contributed by atoms with E-state index in [-0.39, 0.29) is 0 Å². The number of nitrogens with zero attached hydrogens (tertiary/aromatic N) is 2. The van der Waals surface area contributed by atoms with E-state index < -0.39 is 0 Å². The Hall–Kier alpha value is -2.00. The van der Waals surface area contributed by atoms with Gasteiger partial charge in [0.05, 0.1) is 21.8 Å². The van der Waals surface area contributed by atoms with Gasteiger partial charge in [0.1, 0.15) is 0 Å². The van der Waals surface area contributed by atoms with Crippen molar-refractivity contribution in [3.63, 3.8) is 0 Å². The molecular formula is C16H12N2S. The fourth-order valence-electron chi connectivity index (χ4n) is 2.59. The molecule has 3 aromatic rings. The van der Waals surface area contributed by atoms with Crippen LogP contribution in [0.4, 0.5) is 11.4 Å². The van der Waals surface area contributed by atoms with Crippen LogP contribution in [0.25, 0.3) is 10.9 Å². The third-order valence-electron chi connectivity index (χ3n) is 3.50. The molecule has 92 valence electrons. The minimum Gasteiger partial charge on any atom is -0.342 e. The Morgan fingerprint density at radius 2 is 1.74 bits per heavy atom. The van der Waals surface area contributed by atoms with Crippen molar-refractivity contribution in [2.24, 2.45) is 0 Å². The first kappa shape index (κ1) is 10.9. The van der Waals surface area contributed by atoms with Gasteiger partial charge in [-0.25, -0.2) is 0 Å². The second-order valence-electron chi connectivity index (χ2n) is 4.62. The zero-order valence-corrected chi connectivity index (χ0v) is 11.3. The number of pyridine rings is 1. The highest BCUT2D eigenvalue weighted by molar-refractivity contribution is 7.99. The van der Waals surface area contributed by atoms with Crippen LogP contribution in [0.5, 0.6) is 0 Å². The molecule has 2 nitrogen and oxygen atoms in total. The highest BCUT2D eigenvalue weighted by Crippen LogP contribution is 2.49. The molecule has 0 aliphatic carbocycles. The second-order valence-corrected chi connectivity index (χ2v) is 5.70. The van der Waals surface area contributed by atoms with Gasteiger partial charge in [-0.1, -0.05) is 42.1 Å². The minimum atomic E-state index is 1.05. The quantitative estimate of drug-likeness (QED) is 0.596. The summed E-state index contributed by atoms with van der Waals surface area (Å²) in [4.78, 5) is 9.33. The van der Waals surface area contributed by atoms with Crippen molar-refractivity contribution in [1.82, 2.24) is 4.98 Å². The monoisotopic (exact) mass is 264 g/mol. The number of rotatable bonds is 0. The molecule has 0 N–H and O–H groups in total. The van der Waals surface area contributed by atoms with Crippen molar-refractivity contribution < 1.29 is 0 Å². The fraction of sp³-hybridized carbons (Fsp3) is 0.0625. The number of hydrogen-bond donors (Lipinski definition) is 0. The molecule has 19 heavy (non-hydrogen) atoms. The molecule has 2 heterocycles. The largest absolute Gasteiger partial charge is 0.342 e. The van der Waals surface area contributed by atoms with E-state index in [2.05, 4.69) is 59.4 Å². The third-order valence-corrected chi connectivity index (χ3v) is 4.58. The molecule has 0 saturated heterocycles. The van der Waals surface area contributed by atoms with Gasteiger partial charge in [0, 0.05) is 23.5 Å². The van der Waals surface area contributed by atoms with E-state index in [0.717, 1.165) is 5.52 Å². The summed E-state index contributed by atoms with van der Waals surface area (Å²) in [6.07, 6.45) is 1.98. The van der Waals surface area contributed by atoms with Crippen LogP contribution in [0.2, 0.25) is 0 Å². The summed E-state index contributed by atoms with van der Waals surface area (Å²) >= 11 is 1.80. The zero-order valence-electron chi connectivity index (χ0n) is 10.5. The number of benzene rings is 2. The maximum atomic E-state index is 4.55. The molecule has 1 aliphatic heterocycles. The summed E-state index contributed by atoms with van der Waals surface area (Å²) in [6.45, 7) is 0. The summed E-state index contributed by atoms with van der Waals surface area (Å²) in [5, 5.41) is 1.21. The predicted octanol–water partition coefficient (Wildman–Crippen LogP) is 4.47. The van der Waals surface area contributed by atoms with Crippen molar-refractivity contribution in [3.8, 4) is 0 Å². The van der Waals surface area contributed by atoms with E-state index in [9.17, 15) is 0 Å². The highest BCUT2D eigenvalue weighted by Gasteiger charge is 2.22. The lowest BCUT2D eigenvalue weighted by Crippen LogP contribution is -2.15. The smallest absolute Gasteiger partial charge is 0.0723 e. The Labute approximate surface area is 116 Å².